The molecule has 4 heterocycles. The third-order valence-electron chi connectivity index (χ3n) is 6.01. The quantitative estimate of drug-likeness (QED) is 0.548. The first-order valence-electron chi connectivity index (χ1n) is 11.1. The number of likely N-dealkylation sites (N-methyl/N-ethyl adjacent to an activating group) is 1. The second kappa shape index (κ2) is 9.25. The van der Waals surface area contributed by atoms with Gasteiger partial charge in [0.05, 0.1) is 30.2 Å². The molecule has 12 heteroatoms. The van der Waals surface area contributed by atoms with Crippen molar-refractivity contribution in [3.63, 3.8) is 0 Å². The highest BCUT2D eigenvalue weighted by atomic mass is 19.4. The topological polar surface area (TPSA) is 109 Å². The lowest BCUT2D eigenvalue weighted by Crippen LogP contribution is -2.45. The zero-order valence-electron chi connectivity index (χ0n) is 19.8. The first kappa shape index (κ1) is 24.6. The van der Waals surface area contributed by atoms with Gasteiger partial charge in [-0.3, -0.25) is 9.48 Å². The van der Waals surface area contributed by atoms with Crippen molar-refractivity contribution in [1.29, 1.82) is 0 Å². The summed E-state index contributed by atoms with van der Waals surface area (Å²) in [6.45, 7) is 5.18. The molecule has 0 spiro atoms. The molecule has 0 saturated carbocycles. The molecule has 0 fully saturated rings. The predicted octanol–water partition coefficient (Wildman–Crippen LogP) is 3.06. The Morgan fingerprint density at radius 2 is 1.94 bits per heavy atom. The molecule has 1 aliphatic heterocycles. The number of aryl methyl sites for hydroxylation is 3. The van der Waals surface area contributed by atoms with Crippen molar-refractivity contribution in [2.24, 2.45) is 0 Å². The van der Waals surface area contributed by atoms with Gasteiger partial charge in [-0.05, 0) is 44.4 Å². The van der Waals surface area contributed by atoms with Crippen molar-refractivity contribution in [2.75, 3.05) is 17.3 Å². The Labute approximate surface area is 200 Å². The second-order valence-corrected chi connectivity index (χ2v) is 8.66. The number of rotatable bonds is 6. The van der Waals surface area contributed by atoms with Crippen LogP contribution in [0.5, 0.6) is 0 Å². The van der Waals surface area contributed by atoms with E-state index in [1.807, 2.05) is 18.9 Å². The van der Waals surface area contributed by atoms with Crippen LogP contribution in [0.1, 0.15) is 54.0 Å². The molecule has 3 aromatic rings. The number of hydrogen-bond acceptors (Lipinski definition) is 7. The van der Waals surface area contributed by atoms with Gasteiger partial charge in [0.25, 0.3) is 0 Å². The van der Waals surface area contributed by atoms with E-state index in [1.165, 1.54) is 13.0 Å². The van der Waals surface area contributed by atoms with Crippen LogP contribution in [0, 0.1) is 6.92 Å². The number of aliphatic hydroxyl groups is 1. The van der Waals surface area contributed by atoms with Crippen molar-refractivity contribution in [3.05, 3.63) is 58.6 Å². The van der Waals surface area contributed by atoms with E-state index in [1.54, 1.807) is 24.0 Å². The zero-order chi connectivity index (χ0) is 25.5. The number of amides is 1. The summed E-state index contributed by atoms with van der Waals surface area (Å²) in [5, 5.41) is 17.1. The highest BCUT2D eigenvalue weighted by Crippen LogP contribution is 2.32. The van der Waals surface area contributed by atoms with E-state index in [-0.39, 0.29) is 24.2 Å². The Hall–Kier alpha value is -3.54. The van der Waals surface area contributed by atoms with Gasteiger partial charge >= 0.3 is 6.18 Å². The Morgan fingerprint density at radius 1 is 1.20 bits per heavy atom. The number of nitrogens with zero attached hydrogens (tertiary/aromatic N) is 6. The molecular formula is C23H26F3N7O2. The van der Waals surface area contributed by atoms with Crippen molar-refractivity contribution in [3.8, 4) is 0 Å². The molecule has 4 rings (SSSR count). The van der Waals surface area contributed by atoms with Gasteiger partial charge in [0, 0.05) is 19.7 Å². The highest BCUT2D eigenvalue weighted by molar-refractivity contribution is 6.02. The van der Waals surface area contributed by atoms with Crippen LogP contribution < -0.4 is 10.2 Å². The minimum absolute atomic E-state index is 0.0275. The van der Waals surface area contributed by atoms with Crippen LogP contribution in [0.3, 0.4) is 0 Å². The Balaban J connectivity index is 1.47. The van der Waals surface area contributed by atoms with Crippen LogP contribution in [-0.4, -0.2) is 48.8 Å². The fraction of sp³-hybridized carbons (Fsp3) is 0.435. The number of pyridine rings is 1. The zero-order valence-corrected chi connectivity index (χ0v) is 19.8. The maximum absolute atomic E-state index is 13.0. The fourth-order valence-electron chi connectivity index (χ4n) is 3.92. The first-order chi connectivity index (χ1) is 16.4. The molecule has 186 valence electrons. The van der Waals surface area contributed by atoms with E-state index in [2.05, 4.69) is 25.4 Å². The summed E-state index contributed by atoms with van der Waals surface area (Å²) in [4.78, 5) is 26.7. The largest absolute Gasteiger partial charge is 0.433 e. The molecule has 1 aliphatic rings. The van der Waals surface area contributed by atoms with Crippen LogP contribution in [0.2, 0.25) is 0 Å². The van der Waals surface area contributed by atoms with Crippen LogP contribution in [0.4, 0.5) is 24.7 Å². The fourth-order valence-corrected chi connectivity index (χ4v) is 3.92. The summed E-state index contributed by atoms with van der Waals surface area (Å²) >= 11 is 0. The van der Waals surface area contributed by atoms with Crippen LogP contribution >= 0.6 is 0 Å². The van der Waals surface area contributed by atoms with E-state index >= 15 is 0 Å². The molecule has 0 aromatic carbocycles. The van der Waals surface area contributed by atoms with E-state index in [9.17, 15) is 23.1 Å². The number of nitrogens with one attached hydrogen (secondary N) is 1. The number of aliphatic hydroxyl groups excluding tert-OH is 1. The lowest BCUT2D eigenvalue weighted by molar-refractivity contribution is -0.141. The molecule has 9 nitrogen and oxygen atoms in total. The molecule has 0 radical (unpaired) electrons. The van der Waals surface area contributed by atoms with Crippen LogP contribution in [-0.2, 0) is 30.4 Å². The highest BCUT2D eigenvalue weighted by Gasteiger charge is 2.33. The Bertz CT molecular complexity index is 1260. The summed E-state index contributed by atoms with van der Waals surface area (Å²) in [6, 6.07) is 1.88. The minimum atomic E-state index is -4.59. The number of aromatic nitrogens is 5. The predicted molar refractivity (Wildman–Crippen MR) is 122 cm³/mol. The molecule has 2 N–H and O–H groups in total. The van der Waals surface area contributed by atoms with Gasteiger partial charge in [-0.1, -0.05) is 6.07 Å². The van der Waals surface area contributed by atoms with Gasteiger partial charge in [-0.15, -0.1) is 0 Å². The average Bonchev–Trinajstić information content (AvgIpc) is 3.23. The number of halogens is 3. The second-order valence-electron chi connectivity index (χ2n) is 8.66. The smallest absolute Gasteiger partial charge is 0.387 e. The third kappa shape index (κ3) is 5.11. The summed E-state index contributed by atoms with van der Waals surface area (Å²) in [5.41, 5.74) is 1.59. The molecular weight excluding hydrogens is 463 g/mol. The van der Waals surface area contributed by atoms with Crippen molar-refractivity contribution in [1.82, 2.24) is 24.7 Å². The SMILES string of the molecule is Cc1nc(CCc2cnn(Cc3ccc(C(F)(F)F)nc3[C@H](C)O)c2)nc2c1NC(=O)[C@H](C)N2C. The van der Waals surface area contributed by atoms with E-state index < -0.39 is 18.0 Å². The summed E-state index contributed by atoms with van der Waals surface area (Å²) in [7, 11) is 1.82. The number of anilines is 2. The first-order valence-corrected chi connectivity index (χ1v) is 11.1. The molecule has 0 bridgehead atoms. The lowest BCUT2D eigenvalue weighted by Gasteiger charge is -2.32. The normalized spacial score (nSPS) is 16.7. The molecule has 0 aliphatic carbocycles. The maximum atomic E-state index is 13.0. The summed E-state index contributed by atoms with van der Waals surface area (Å²) < 4.78 is 40.6. The molecule has 0 saturated heterocycles. The number of carbonyl (C=O) groups excluding carboxylic acids is 1. The molecule has 0 unspecified atom stereocenters. The molecule has 35 heavy (non-hydrogen) atoms. The Kier molecular flexibility index (Phi) is 6.50. The van der Waals surface area contributed by atoms with Gasteiger partial charge < -0.3 is 15.3 Å². The van der Waals surface area contributed by atoms with Gasteiger partial charge in [0.2, 0.25) is 5.91 Å². The molecule has 2 atom stereocenters. The number of alkyl halides is 3. The minimum Gasteiger partial charge on any atom is -0.387 e. The van der Waals surface area contributed by atoms with E-state index in [0.29, 0.717) is 41.4 Å². The number of hydrogen-bond donors (Lipinski definition) is 2. The lowest BCUT2D eigenvalue weighted by atomic mass is 10.1. The standard InChI is InChI=1S/C23H26F3N7O2/c1-12-19-21(32(4)13(2)22(35)31-19)30-18(28-12)8-5-15-9-27-33(10-15)11-16-6-7-17(23(24,25)26)29-20(16)14(3)34/h6-7,9-10,13-14,34H,5,8,11H2,1-4H3,(H,31,35)/t13-,14-/m0/s1. The van der Waals surface area contributed by atoms with Crippen molar-refractivity contribution in [2.45, 2.75) is 58.5 Å². The Morgan fingerprint density at radius 3 is 2.63 bits per heavy atom. The van der Waals surface area contributed by atoms with E-state index in [0.717, 1.165) is 11.6 Å². The number of fused-ring (bicyclic) bond motifs is 1. The monoisotopic (exact) mass is 489 g/mol. The molecule has 1 amide bonds. The summed E-state index contributed by atoms with van der Waals surface area (Å²) in [5.74, 6) is 1.21. The van der Waals surface area contributed by atoms with Gasteiger partial charge in [-0.2, -0.15) is 18.3 Å². The van der Waals surface area contributed by atoms with Gasteiger partial charge in [0.15, 0.2) is 5.82 Å². The van der Waals surface area contributed by atoms with Crippen molar-refractivity contribution >= 4 is 17.4 Å². The number of carbonyl (C=O) groups is 1. The maximum Gasteiger partial charge on any atom is 0.433 e. The van der Waals surface area contributed by atoms with Gasteiger partial charge in [-0.25, -0.2) is 15.0 Å². The van der Waals surface area contributed by atoms with Crippen LogP contribution in [0.25, 0.3) is 0 Å². The van der Waals surface area contributed by atoms with E-state index in [4.69, 9.17) is 0 Å². The average molecular weight is 490 g/mol. The van der Waals surface area contributed by atoms with Crippen molar-refractivity contribution < 1.29 is 23.1 Å². The molecule has 3 aromatic heterocycles. The van der Waals surface area contributed by atoms with Gasteiger partial charge in [0.1, 0.15) is 23.2 Å². The third-order valence-corrected chi connectivity index (χ3v) is 6.01. The summed E-state index contributed by atoms with van der Waals surface area (Å²) in [6.07, 6.45) is -1.13. The van der Waals surface area contributed by atoms with Crippen LogP contribution in [0.15, 0.2) is 24.5 Å².